The van der Waals surface area contributed by atoms with Gasteiger partial charge in [0.25, 0.3) is 0 Å². The van der Waals surface area contributed by atoms with Crippen molar-refractivity contribution in [2.24, 2.45) is 0 Å². The van der Waals surface area contributed by atoms with Crippen LogP contribution in [-0.4, -0.2) is 51.8 Å². The fourth-order valence-electron chi connectivity index (χ4n) is 2.79. The van der Waals surface area contributed by atoms with E-state index in [2.05, 4.69) is 0 Å². The highest BCUT2D eigenvalue weighted by molar-refractivity contribution is 6.11. The van der Waals surface area contributed by atoms with E-state index in [4.69, 9.17) is 9.84 Å². The van der Waals surface area contributed by atoms with E-state index in [1.165, 1.54) is 17.0 Å². The summed E-state index contributed by atoms with van der Waals surface area (Å²) in [5.74, 6) is -1.43. The van der Waals surface area contributed by atoms with Crippen molar-refractivity contribution < 1.29 is 29.6 Å². The van der Waals surface area contributed by atoms with E-state index < -0.39 is 29.5 Å². The molecule has 7 heteroatoms. The second-order valence-electron chi connectivity index (χ2n) is 5.68. The number of rotatable bonds is 3. The van der Waals surface area contributed by atoms with Crippen molar-refractivity contribution in [3.8, 4) is 11.5 Å². The summed E-state index contributed by atoms with van der Waals surface area (Å²) in [6, 6.07) is 11.3. The number of ether oxygens (including phenoxy) is 1. The number of carbonyl (C=O) groups excluding carboxylic acids is 1. The minimum absolute atomic E-state index is 0.0293. The molecule has 1 unspecified atom stereocenters. The zero-order valence-electron chi connectivity index (χ0n) is 13.3. The number of nitrogens with zero attached hydrogens (tertiary/aromatic N) is 1. The molecule has 1 aliphatic heterocycles. The summed E-state index contributed by atoms with van der Waals surface area (Å²) in [4.78, 5) is 24.7. The van der Waals surface area contributed by atoms with Crippen molar-refractivity contribution in [2.75, 3.05) is 19.7 Å². The van der Waals surface area contributed by atoms with Crippen LogP contribution in [0.15, 0.2) is 42.5 Å². The van der Waals surface area contributed by atoms with Crippen LogP contribution in [0.3, 0.4) is 0 Å². The molecular weight excluding hydrogens is 326 g/mol. The Bertz CT molecular complexity index is 805. The van der Waals surface area contributed by atoms with Gasteiger partial charge in [-0.05, 0) is 6.07 Å². The standard InChI is InChI=1S/C18H17NO6/c20-15(11-4-2-1-3-5-11)13-7-6-12(16(21)17(13)22)14-10-19(18(23)24)8-9-25-14/h1-7,14,21-22H,8-10H2,(H,23,24). The minimum Gasteiger partial charge on any atom is -0.504 e. The van der Waals surface area contributed by atoms with Crippen molar-refractivity contribution in [1.82, 2.24) is 4.90 Å². The molecule has 3 rings (SSSR count). The van der Waals surface area contributed by atoms with Gasteiger partial charge < -0.3 is 25.0 Å². The Morgan fingerprint density at radius 1 is 1.04 bits per heavy atom. The Morgan fingerprint density at radius 2 is 1.76 bits per heavy atom. The Balaban J connectivity index is 1.90. The summed E-state index contributed by atoms with van der Waals surface area (Å²) < 4.78 is 5.50. The van der Waals surface area contributed by atoms with Gasteiger partial charge in [0.1, 0.15) is 6.10 Å². The fourth-order valence-corrected chi connectivity index (χ4v) is 2.79. The number of carbonyl (C=O) groups is 2. The molecule has 1 aliphatic rings. The van der Waals surface area contributed by atoms with Gasteiger partial charge in [-0.25, -0.2) is 4.79 Å². The molecule has 2 aromatic carbocycles. The molecule has 1 atom stereocenters. The van der Waals surface area contributed by atoms with Crippen molar-refractivity contribution in [2.45, 2.75) is 6.10 Å². The second kappa shape index (κ2) is 6.82. The van der Waals surface area contributed by atoms with E-state index in [9.17, 15) is 19.8 Å². The number of ketones is 1. The van der Waals surface area contributed by atoms with Crippen molar-refractivity contribution in [3.63, 3.8) is 0 Å². The Hall–Kier alpha value is -3.06. The fraction of sp³-hybridized carbons (Fsp3) is 0.222. The lowest BCUT2D eigenvalue weighted by molar-refractivity contribution is -0.0242. The molecule has 2 aromatic rings. The third kappa shape index (κ3) is 3.27. The van der Waals surface area contributed by atoms with Gasteiger partial charge in [-0.15, -0.1) is 0 Å². The van der Waals surface area contributed by atoms with E-state index in [0.29, 0.717) is 5.56 Å². The SMILES string of the molecule is O=C(c1ccccc1)c1ccc(C2CN(C(=O)O)CCO2)c(O)c1O. The molecule has 0 aliphatic carbocycles. The van der Waals surface area contributed by atoms with Crippen LogP contribution < -0.4 is 0 Å². The number of morpholine rings is 1. The molecule has 25 heavy (non-hydrogen) atoms. The first-order valence-corrected chi connectivity index (χ1v) is 7.73. The zero-order valence-corrected chi connectivity index (χ0v) is 13.3. The topological polar surface area (TPSA) is 107 Å². The monoisotopic (exact) mass is 343 g/mol. The van der Waals surface area contributed by atoms with Crippen LogP contribution in [-0.2, 0) is 4.74 Å². The zero-order chi connectivity index (χ0) is 18.0. The van der Waals surface area contributed by atoms with Gasteiger partial charge in [-0.1, -0.05) is 36.4 Å². The van der Waals surface area contributed by atoms with Crippen LogP contribution in [0.25, 0.3) is 0 Å². The lowest BCUT2D eigenvalue weighted by Gasteiger charge is -2.31. The summed E-state index contributed by atoms with van der Waals surface area (Å²) in [5, 5.41) is 29.6. The van der Waals surface area contributed by atoms with Crippen LogP contribution in [0, 0.1) is 0 Å². The average molecular weight is 343 g/mol. The molecule has 7 nitrogen and oxygen atoms in total. The first-order valence-electron chi connectivity index (χ1n) is 7.73. The minimum atomic E-state index is -1.08. The lowest BCUT2D eigenvalue weighted by atomic mass is 9.97. The molecule has 0 aromatic heterocycles. The predicted molar refractivity (Wildman–Crippen MR) is 87.9 cm³/mol. The second-order valence-corrected chi connectivity index (χ2v) is 5.68. The van der Waals surface area contributed by atoms with E-state index in [1.807, 2.05) is 0 Å². The molecule has 130 valence electrons. The van der Waals surface area contributed by atoms with E-state index >= 15 is 0 Å². The maximum Gasteiger partial charge on any atom is 0.407 e. The molecular formula is C18H17NO6. The Labute approximate surface area is 143 Å². The molecule has 1 saturated heterocycles. The van der Waals surface area contributed by atoms with Crippen LogP contribution >= 0.6 is 0 Å². The molecule has 0 radical (unpaired) electrons. The quantitative estimate of drug-likeness (QED) is 0.583. The summed E-state index contributed by atoms with van der Waals surface area (Å²) in [5.41, 5.74) is 0.599. The highest BCUT2D eigenvalue weighted by Crippen LogP contribution is 2.39. The van der Waals surface area contributed by atoms with Gasteiger partial charge >= 0.3 is 6.09 Å². The van der Waals surface area contributed by atoms with Crippen molar-refractivity contribution >= 4 is 11.9 Å². The van der Waals surface area contributed by atoms with E-state index in [1.54, 1.807) is 30.3 Å². The Morgan fingerprint density at radius 3 is 2.44 bits per heavy atom. The van der Waals surface area contributed by atoms with Gasteiger partial charge in [0.05, 0.1) is 18.7 Å². The summed E-state index contributed by atoms with van der Waals surface area (Å²) in [6.07, 6.45) is -1.79. The van der Waals surface area contributed by atoms with Gasteiger partial charge in [-0.3, -0.25) is 4.79 Å². The number of benzene rings is 2. The molecule has 0 bridgehead atoms. The lowest BCUT2D eigenvalue weighted by Crippen LogP contribution is -2.41. The maximum absolute atomic E-state index is 12.5. The largest absolute Gasteiger partial charge is 0.504 e. The van der Waals surface area contributed by atoms with Gasteiger partial charge in [0.2, 0.25) is 0 Å². The first-order chi connectivity index (χ1) is 12.0. The smallest absolute Gasteiger partial charge is 0.407 e. The molecule has 1 fully saturated rings. The third-order valence-corrected chi connectivity index (χ3v) is 4.15. The van der Waals surface area contributed by atoms with Crippen LogP contribution in [0.1, 0.15) is 27.6 Å². The number of hydrogen-bond acceptors (Lipinski definition) is 5. The van der Waals surface area contributed by atoms with Crippen LogP contribution in [0.5, 0.6) is 11.5 Å². The van der Waals surface area contributed by atoms with Crippen LogP contribution in [0.2, 0.25) is 0 Å². The predicted octanol–water partition coefficient (Wildman–Crippen LogP) is 2.38. The van der Waals surface area contributed by atoms with Crippen LogP contribution in [0.4, 0.5) is 4.79 Å². The molecule has 0 spiro atoms. The van der Waals surface area contributed by atoms with Gasteiger partial charge in [0, 0.05) is 17.7 Å². The highest BCUT2D eigenvalue weighted by Gasteiger charge is 2.29. The first kappa shape index (κ1) is 16.8. The summed E-state index contributed by atoms with van der Waals surface area (Å²) in [7, 11) is 0. The number of aromatic hydroxyl groups is 2. The van der Waals surface area contributed by atoms with Gasteiger partial charge in [0.15, 0.2) is 17.3 Å². The Kier molecular flexibility index (Phi) is 4.58. The average Bonchev–Trinajstić information content (AvgIpc) is 2.64. The highest BCUT2D eigenvalue weighted by atomic mass is 16.5. The molecule has 3 N–H and O–H groups in total. The van der Waals surface area contributed by atoms with Crippen molar-refractivity contribution in [1.29, 1.82) is 0 Å². The van der Waals surface area contributed by atoms with E-state index in [-0.39, 0.29) is 30.8 Å². The molecule has 1 heterocycles. The maximum atomic E-state index is 12.5. The van der Waals surface area contributed by atoms with Gasteiger partial charge in [-0.2, -0.15) is 0 Å². The number of carboxylic acid groups (broad SMARTS) is 1. The number of phenols is 2. The molecule has 1 amide bonds. The van der Waals surface area contributed by atoms with E-state index in [0.717, 1.165) is 0 Å². The van der Waals surface area contributed by atoms with Crippen molar-refractivity contribution in [3.05, 3.63) is 59.2 Å². The summed E-state index contributed by atoms with van der Waals surface area (Å²) in [6.45, 7) is 0.458. The number of amides is 1. The molecule has 0 saturated carbocycles. The third-order valence-electron chi connectivity index (χ3n) is 4.15. The number of phenolic OH excluding ortho intramolecular Hbond substituents is 2. The number of hydrogen-bond donors (Lipinski definition) is 3. The summed E-state index contributed by atoms with van der Waals surface area (Å²) >= 11 is 0. The normalized spacial score (nSPS) is 17.3.